The van der Waals surface area contributed by atoms with Crippen LogP contribution in [0.3, 0.4) is 0 Å². The molecule has 1 saturated carbocycles. The van der Waals surface area contributed by atoms with Crippen molar-refractivity contribution in [2.75, 3.05) is 6.54 Å². The van der Waals surface area contributed by atoms with Gasteiger partial charge in [-0.05, 0) is 30.9 Å². The Hall–Kier alpha value is -1.55. The summed E-state index contributed by atoms with van der Waals surface area (Å²) < 4.78 is 0. The fourth-order valence-electron chi connectivity index (χ4n) is 2.79. The molecular weight excluding hydrogens is 262 g/mol. The highest BCUT2D eigenvalue weighted by Gasteiger charge is 2.14. The minimum atomic E-state index is 0.0677. The normalized spacial score (nSPS) is 16.8. The standard InChI is InChI=1S/C17H27N3O/c1-2-18-17(20-16-10-4-3-5-11-16)19-12-14-8-6-7-9-15(14)13-21/h6-9,16,21H,2-5,10-13H2,1H3,(H2,18,19,20). The molecule has 1 aliphatic rings. The SMILES string of the molecule is CCNC(=NCc1ccccc1CO)NC1CCCCC1. The number of benzene rings is 1. The lowest BCUT2D eigenvalue weighted by Gasteiger charge is -2.25. The molecule has 1 aliphatic carbocycles. The van der Waals surface area contributed by atoms with Gasteiger partial charge in [-0.2, -0.15) is 0 Å². The molecule has 0 unspecified atom stereocenters. The molecule has 0 aromatic heterocycles. The highest BCUT2D eigenvalue weighted by Crippen LogP contribution is 2.17. The van der Waals surface area contributed by atoms with E-state index in [1.165, 1.54) is 32.1 Å². The average Bonchev–Trinajstić information content (AvgIpc) is 2.54. The quantitative estimate of drug-likeness (QED) is 0.577. The fraction of sp³-hybridized carbons (Fsp3) is 0.588. The van der Waals surface area contributed by atoms with E-state index in [1.54, 1.807) is 0 Å². The van der Waals surface area contributed by atoms with Crippen molar-refractivity contribution in [3.05, 3.63) is 35.4 Å². The molecule has 0 bridgehead atoms. The van der Waals surface area contributed by atoms with Crippen molar-refractivity contribution in [2.24, 2.45) is 4.99 Å². The molecule has 0 heterocycles. The number of aliphatic hydroxyl groups excluding tert-OH is 1. The Bertz CT molecular complexity index is 453. The number of hydrogen-bond donors (Lipinski definition) is 3. The van der Waals surface area contributed by atoms with Crippen molar-refractivity contribution in [3.8, 4) is 0 Å². The van der Waals surface area contributed by atoms with Crippen molar-refractivity contribution in [1.82, 2.24) is 10.6 Å². The lowest BCUT2D eigenvalue weighted by molar-refractivity contribution is 0.280. The Morgan fingerprint density at radius 1 is 1.19 bits per heavy atom. The predicted molar refractivity (Wildman–Crippen MR) is 87.2 cm³/mol. The summed E-state index contributed by atoms with van der Waals surface area (Å²) in [6.45, 7) is 3.61. The summed E-state index contributed by atoms with van der Waals surface area (Å²) >= 11 is 0. The molecule has 1 aromatic rings. The van der Waals surface area contributed by atoms with Gasteiger partial charge in [0.2, 0.25) is 0 Å². The Morgan fingerprint density at radius 3 is 2.57 bits per heavy atom. The molecule has 0 saturated heterocycles. The second kappa shape index (κ2) is 8.67. The first-order valence-electron chi connectivity index (χ1n) is 8.06. The molecule has 21 heavy (non-hydrogen) atoms. The van der Waals surface area contributed by atoms with Crippen molar-refractivity contribution in [3.63, 3.8) is 0 Å². The molecule has 0 atom stereocenters. The summed E-state index contributed by atoms with van der Waals surface area (Å²) in [6.07, 6.45) is 6.44. The highest BCUT2D eigenvalue weighted by molar-refractivity contribution is 5.80. The maximum atomic E-state index is 9.37. The Balaban J connectivity index is 1.99. The van der Waals surface area contributed by atoms with Gasteiger partial charge in [0.05, 0.1) is 13.2 Å². The van der Waals surface area contributed by atoms with E-state index in [1.807, 2.05) is 24.3 Å². The summed E-state index contributed by atoms with van der Waals surface area (Å²) in [5.41, 5.74) is 2.04. The van der Waals surface area contributed by atoms with Gasteiger partial charge in [-0.15, -0.1) is 0 Å². The number of rotatable bonds is 5. The van der Waals surface area contributed by atoms with Crippen LogP contribution in [0, 0.1) is 0 Å². The second-order valence-corrected chi connectivity index (χ2v) is 5.60. The molecule has 4 heteroatoms. The van der Waals surface area contributed by atoms with Gasteiger partial charge >= 0.3 is 0 Å². The summed E-state index contributed by atoms with van der Waals surface area (Å²) in [5, 5.41) is 16.2. The molecule has 0 aliphatic heterocycles. The fourth-order valence-corrected chi connectivity index (χ4v) is 2.79. The van der Waals surface area contributed by atoms with E-state index in [9.17, 15) is 5.11 Å². The van der Waals surface area contributed by atoms with Crippen LogP contribution in [-0.2, 0) is 13.2 Å². The molecule has 1 fully saturated rings. The third-order valence-corrected chi connectivity index (χ3v) is 3.99. The number of aliphatic imine (C=N–C) groups is 1. The second-order valence-electron chi connectivity index (χ2n) is 5.60. The van der Waals surface area contributed by atoms with Gasteiger partial charge in [0.1, 0.15) is 0 Å². The monoisotopic (exact) mass is 289 g/mol. The third kappa shape index (κ3) is 5.05. The summed E-state index contributed by atoms with van der Waals surface area (Å²) in [4.78, 5) is 4.67. The molecule has 4 nitrogen and oxygen atoms in total. The first-order chi connectivity index (χ1) is 10.3. The highest BCUT2D eigenvalue weighted by atomic mass is 16.3. The third-order valence-electron chi connectivity index (χ3n) is 3.99. The zero-order valence-electron chi connectivity index (χ0n) is 12.9. The maximum absolute atomic E-state index is 9.37. The van der Waals surface area contributed by atoms with Crippen LogP contribution in [0.25, 0.3) is 0 Å². The van der Waals surface area contributed by atoms with Crippen molar-refractivity contribution >= 4 is 5.96 Å². The van der Waals surface area contributed by atoms with Crippen molar-refractivity contribution in [1.29, 1.82) is 0 Å². The number of hydrogen-bond acceptors (Lipinski definition) is 2. The van der Waals surface area contributed by atoms with Crippen molar-refractivity contribution < 1.29 is 5.11 Å². The van der Waals surface area contributed by atoms with Crippen LogP contribution in [0.1, 0.15) is 50.2 Å². The van der Waals surface area contributed by atoms with E-state index >= 15 is 0 Å². The Morgan fingerprint density at radius 2 is 1.90 bits per heavy atom. The van der Waals surface area contributed by atoms with Gasteiger partial charge in [0, 0.05) is 12.6 Å². The summed E-state index contributed by atoms with van der Waals surface area (Å²) in [6, 6.07) is 8.46. The van der Waals surface area contributed by atoms with Crippen molar-refractivity contribution in [2.45, 2.75) is 58.2 Å². The first-order valence-corrected chi connectivity index (χ1v) is 8.06. The zero-order valence-corrected chi connectivity index (χ0v) is 12.9. The van der Waals surface area contributed by atoms with Crippen LogP contribution in [0.2, 0.25) is 0 Å². The van der Waals surface area contributed by atoms with E-state index in [4.69, 9.17) is 0 Å². The van der Waals surface area contributed by atoms with Gasteiger partial charge < -0.3 is 15.7 Å². The molecular formula is C17H27N3O. The van der Waals surface area contributed by atoms with E-state index in [0.29, 0.717) is 12.6 Å². The lowest BCUT2D eigenvalue weighted by atomic mass is 9.96. The molecule has 0 spiro atoms. The smallest absolute Gasteiger partial charge is 0.191 e. The molecule has 2 rings (SSSR count). The summed E-state index contributed by atoms with van der Waals surface area (Å²) in [7, 11) is 0. The van der Waals surface area contributed by atoms with Crippen LogP contribution in [-0.4, -0.2) is 23.7 Å². The number of nitrogens with zero attached hydrogens (tertiary/aromatic N) is 1. The Kier molecular flexibility index (Phi) is 6.54. The molecule has 116 valence electrons. The first kappa shape index (κ1) is 15.8. The lowest BCUT2D eigenvalue weighted by Crippen LogP contribution is -2.44. The number of nitrogens with one attached hydrogen (secondary N) is 2. The van der Waals surface area contributed by atoms with Gasteiger partial charge in [-0.1, -0.05) is 43.5 Å². The molecule has 3 N–H and O–H groups in total. The van der Waals surface area contributed by atoms with Gasteiger partial charge in [0.15, 0.2) is 5.96 Å². The minimum Gasteiger partial charge on any atom is -0.392 e. The van der Waals surface area contributed by atoms with Gasteiger partial charge in [-0.25, -0.2) is 4.99 Å². The van der Waals surface area contributed by atoms with Gasteiger partial charge in [0.25, 0.3) is 0 Å². The van der Waals surface area contributed by atoms with Crippen LogP contribution < -0.4 is 10.6 Å². The Labute approximate surface area is 127 Å². The van der Waals surface area contributed by atoms with Crippen LogP contribution in [0.4, 0.5) is 0 Å². The van der Waals surface area contributed by atoms with Crippen LogP contribution >= 0.6 is 0 Å². The maximum Gasteiger partial charge on any atom is 0.191 e. The molecule has 0 amide bonds. The van der Waals surface area contributed by atoms with Gasteiger partial charge in [-0.3, -0.25) is 0 Å². The van der Waals surface area contributed by atoms with Crippen LogP contribution in [0.5, 0.6) is 0 Å². The largest absolute Gasteiger partial charge is 0.392 e. The minimum absolute atomic E-state index is 0.0677. The number of guanidine groups is 1. The topological polar surface area (TPSA) is 56.7 Å². The van der Waals surface area contributed by atoms with E-state index < -0.39 is 0 Å². The van der Waals surface area contributed by atoms with E-state index in [2.05, 4.69) is 22.5 Å². The average molecular weight is 289 g/mol. The van der Waals surface area contributed by atoms with E-state index in [-0.39, 0.29) is 6.61 Å². The molecule has 1 aromatic carbocycles. The predicted octanol–water partition coefficient (Wildman–Crippen LogP) is 2.57. The molecule has 0 radical (unpaired) electrons. The van der Waals surface area contributed by atoms with E-state index in [0.717, 1.165) is 23.6 Å². The number of aliphatic hydroxyl groups is 1. The zero-order chi connectivity index (χ0) is 14.9. The summed E-state index contributed by atoms with van der Waals surface area (Å²) in [5.74, 6) is 0.886. The van der Waals surface area contributed by atoms with Crippen LogP contribution in [0.15, 0.2) is 29.3 Å².